The molecule has 1 atom stereocenters. The van der Waals surface area contributed by atoms with Crippen LogP contribution >= 0.6 is 12.4 Å². The molecule has 1 heterocycles. The van der Waals surface area contributed by atoms with E-state index in [1.807, 2.05) is 0 Å². The van der Waals surface area contributed by atoms with E-state index in [1.54, 1.807) is 21.0 Å². The molecule has 2 amide bonds. The van der Waals surface area contributed by atoms with Crippen LogP contribution < -0.4 is 10.6 Å². The van der Waals surface area contributed by atoms with Crippen LogP contribution in [0.2, 0.25) is 0 Å². The van der Waals surface area contributed by atoms with Crippen LogP contribution in [0.15, 0.2) is 0 Å². The van der Waals surface area contributed by atoms with Crippen molar-refractivity contribution in [1.82, 2.24) is 20.4 Å². The molecule has 1 aliphatic heterocycles. The number of hydrogen-bond acceptors (Lipinski definition) is 4. The summed E-state index contributed by atoms with van der Waals surface area (Å²) < 4.78 is 0. The smallest absolute Gasteiger partial charge is 0.244 e. The number of likely N-dealkylation sites (N-methyl/N-ethyl adjacent to an activating group) is 1. The highest BCUT2D eigenvalue weighted by Gasteiger charge is 2.19. The Hall–Kier alpha value is -0.850. The van der Waals surface area contributed by atoms with Crippen molar-refractivity contribution >= 4 is 24.2 Å². The average Bonchev–Trinajstić information content (AvgIpc) is 2.56. The second-order valence-electron chi connectivity index (χ2n) is 4.90. The van der Waals surface area contributed by atoms with Gasteiger partial charge in [0, 0.05) is 27.2 Å². The number of nitrogens with zero attached hydrogens (tertiary/aromatic N) is 2. The zero-order valence-electron chi connectivity index (χ0n) is 11.9. The van der Waals surface area contributed by atoms with E-state index >= 15 is 0 Å². The van der Waals surface area contributed by atoms with Gasteiger partial charge in [0.15, 0.2) is 0 Å². The van der Waals surface area contributed by atoms with Gasteiger partial charge in [-0.25, -0.2) is 0 Å². The lowest BCUT2D eigenvalue weighted by Gasteiger charge is -2.22. The highest BCUT2D eigenvalue weighted by atomic mass is 35.5. The van der Waals surface area contributed by atoms with Crippen LogP contribution in [-0.2, 0) is 9.59 Å². The topological polar surface area (TPSA) is 64.7 Å². The molecule has 0 aromatic rings. The monoisotopic (exact) mass is 292 g/mol. The number of amides is 2. The number of rotatable bonds is 4. The Bertz CT molecular complexity index is 291. The summed E-state index contributed by atoms with van der Waals surface area (Å²) in [5.41, 5.74) is 0. The highest BCUT2D eigenvalue weighted by Crippen LogP contribution is 1.95. The molecule has 2 N–H and O–H groups in total. The number of carbonyl (C=O) groups excluding carboxylic acids is 2. The minimum atomic E-state index is -0.461. The zero-order valence-corrected chi connectivity index (χ0v) is 12.8. The summed E-state index contributed by atoms with van der Waals surface area (Å²) in [4.78, 5) is 27.0. The highest BCUT2D eigenvalue weighted by molar-refractivity contribution is 5.87. The Morgan fingerprint density at radius 3 is 2.63 bits per heavy atom. The Labute approximate surface area is 121 Å². The van der Waals surface area contributed by atoms with Crippen LogP contribution in [0, 0.1) is 0 Å². The van der Waals surface area contributed by atoms with Gasteiger partial charge in [-0.15, -0.1) is 12.4 Å². The summed E-state index contributed by atoms with van der Waals surface area (Å²) in [5, 5.41) is 6.03. The standard InChI is InChI=1S/C12H24N4O2.ClH/c1-10(12(18)15(2)3)14-11(17)9-16-7-4-5-13-6-8-16;/h10,13H,4-9H2,1-3H3,(H,14,17);1H. The van der Waals surface area contributed by atoms with E-state index in [0.29, 0.717) is 6.54 Å². The van der Waals surface area contributed by atoms with Crippen LogP contribution in [0.4, 0.5) is 0 Å². The third-order valence-electron chi connectivity index (χ3n) is 2.99. The Morgan fingerprint density at radius 2 is 2.00 bits per heavy atom. The van der Waals surface area contributed by atoms with Crippen molar-refractivity contribution in [3.05, 3.63) is 0 Å². The number of hydrogen-bond donors (Lipinski definition) is 2. The van der Waals surface area contributed by atoms with Gasteiger partial charge in [-0.05, 0) is 26.4 Å². The van der Waals surface area contributed by atoms with Gasteiger partial charge >= 0.3 is 0 Å². The SMILES string of the molecule is CC(NC(=O)CN1CCCNCC1)C(=O)N(C)C.Cl. The van der Waals surface area contributed by atoms with Crippen molar-refractivity contribution < 1.29 is 9.59 Å². The molecule has 1 fully saturated rings. The van der Waals surface area contributed by atoms with E-state index in [9.17, 15) is 9.59 Å². The first-order valence-corrected chi connectivity index (χ1v) is 6.44. The van der Waals surface area contributed by atoms with E-state index < -0.39 is 6.04 Å². The summed E-state index contributed by atoms with van der Waals surface area (Å²) in [6.45, 7) is 5.81. The largest absolute Gasteiger partial charge is 0.347 e. The average molecular weight is 293 g/mol. The van der Waals surface area contributed by atoms with Gasteiger partial charge in [-0.2, -0.15) is 0 Å². The van der Waals surface area contributed by atoms with Crippen molar-refractivity contribution in [2.24, 2.45) is 0 Å². The molecule has 0 aromatic heterocycles. The van der Waals surface area contributed by atoms with Gasteiger partial charge in [-0.3, -0.25) is 14.5 Å². The second-order valence-corrected chi connectivity index (χ2v) is 4.90. The van der Waals surface area contributed by atoms with E-state index in [4.69, 9.17) is 0 Å². The number of halogens is 1. The maximum Gasteiger partial charge on any atom is 0.244 e. The maximum absolute atomic E-state index is 11.8. The van der Waals surface area contributed by atoms with Gasteiger partial charge in [0.1, 0.15) is 6.04 Å². The first-order valence-electron chi connectivity index (χ1n) is 6.44. The summed E-state index contributed by atoms with van der Waals surface area (Å²) in [5.74, 6) is -0.166. The summed E-state index contributed by atoms with van der Waals surface area (Å²) in [6.07, 6.45) is 1.06. The molecule has 6 nitrogen and oxygen atoms in total. The maximum atomic E-state index is 11.8. The first kappa shape index (κ1) is 18.1. The molecule has 0 spiro atoms. The lowest BCUT2D eigenvalue weighted by molar-refractivity contribution is -0.134. The van der Waals surface area contributed by atoms with Crippen molar-refractivity contribution in [1.29, 1.82) is 0 Å². The van der Waals surface area contributed by atoms with Gasteiger partial charge in [0.25, 0.3) is 0 Å². The van der Waals surface area contributed by atoms with Crippen LogP contribution in [0.25, 0.3) is 0 Å². The quantitative estimate of drug-likeness (QED) is 0.719. The molecule has 0 aromatic carbocycles. The fourth-order valence-corrected chi connectivity index (χ4v) is 2.00. The molecule has 1 rings (SSSR count). The molecule has 0 bridgehead atoms. The predicted molar refractivity (Wildman–Crippen MR) is 77.5 cm³/mol. The van der Waals surface area contributed by atoms with Gasteiger partial charge in [0.05, 0.1) is 6.54 Å². The fourth-order valence-electron chi connectivity index (χ4n) is 2.00. The molecule has 112 valence electrons. The molecule has 1 aliphatic rings. The van der Waals surface area contributed by atoms with Crippen LogP contribution in [0.1, 0.15) is 13.3 Å². The molecular weight excluding hydrogens is 268 g/mol. The van der Waals surface area contributed by atoms with Crippen molar-refractivity contribution in [3.63, 3.8) is 0 Å². The van der Waals surface area contributed by atoms with Crippen molar-refractivity contribution in [2.45, 2.75) is 19.4 Å². The molecular formula is C12H25ClN4O2. The Morgan fingerprint density at radius 1 is 1.32 bits per heavy atom. The van der Waals surface area contributed by atoms with Crippen molar-refractivity contribution in [2.75, 3.05) is 46.8 Å². The van der Waals surface area contributed by atoms with Crippen LogP contribution in [0.3, 0.4) is 0 Å². The molecule has 0 radical (unpaired) electrons. The minimum Gasteiger partial charge on any atom is -0.347 e. The molecule has 19 heavy (non-hydrogen) atoms. The number of nitrogens with one attached hydrogen (secondary N) is 2. The van der Waals surface area contributed by atoms with Gasteiger partial charge < -0.3 is 15.5 Å². The lowest BCUT2D eigenvalue weighted by atomic mass is 10.3. The third-order valence-corrected chi connectivity index (χ3v) is 2.99. The van der Waals surface area contributed by atoms with E-state index in [2.05, 4.69) is 15.5 Å². The van der Waals surface area contributed by atoms with E-state index in [1.165, 1.54) is 4.90 Å². The van der Waals surface area contributed by atoms with Crippen molar-refractivity contribution in [3.8, 4) is 0 Å². The predicted octanol–water partition coefficient (Wildman–Crippen LogP) is -0.704. The summed E-state index contributed by atoms with van der Waals surface area (Å²) in [6, 6.07) is -0.461. The Kier molecular flexibility index (Phi) is 8.71. The summed E-state index contributed by atoms with van der Waals surface area (Å²) in [7, 11) is 3.37. The second kappa shape index (κ2) is 9.12. The molecule has 1 saturated heterocycles. The molecule has 0 saturated carbocycles. The number of carbonyl (C=O) groups is 2. The van der Waals surface area contributed by atoms with Crippen LogP contribution in [-0.4, -0.2) is 74.5 Å². The minimum absolute atomic E-state index is 0. The van der Waals surface area contributed by atoms with Gasteiger partial charge in [0.2, 0.25) is 11.8 Å². The van der Waals surface area contributed by atoms with E-state index in [0.717, 1.165) is 32.6 Å². The first-order chi connectivity index (χ1) is 8.50. The third kappa shape index (κ3) is 6.75. The molecule has 7 heteroatoms. The fraction of sp³-hybridized carbons (Fsp3) is 0.833. The summed E-state index contributed by atoms with van der Waals surface area (Å²) >= 11 is 0. The van der Waals surface area contributed by atoms with Gasteiger partial charge in [-0.1, -0.05) is 0 Å². The molecule has 0 aliphatic carbocycles. The van der Waals surface area contributed by atoms with E-state index in [-0.39, 0.29) is 24.2 Å². The normalized spacial score (nSPS) is 17.8. The molecule has 1 unspecified atom stereocenters. The zero-order chi connectivity index (χ0) is 13.5. The Balaban J connectivity index is 0.00000324. The van der Waals surface area contributed by atoms with Crippen LogP contribution in [0.5, 0.6) is 0 Å². The lowest BCUT2D eigenvalue weighted by Crippen LogP contribution is -2.48.